The van der Waals surface area contributed by atoms with E-state index in [4.69, 9.17) is 26.8 Å². The fraction of sp³-hybridized carbons (Fsp3) is 0.854. The number of benzene rings is 1. The van der Waals surface area contributed by atoms with Gasteiger partial charge in [-0.15, -0.1) is 0 Å². The average Bonchev–Trinajstić information content (AvgIpc) is 0.844. The van der Waals surface area contributed by atoms with Gasteiger partial charge in [0, 0.05) is 109 Å². The molecule has 1 rings (SSSR count). The number of rotatable bonds is 62. The second-order valence-electron chi connectivity index (χ2n) is 35.9. The van der Waals surface area contributed by atoms with E-state index in [1.54, 1.807) is 12.1 Å². The molecule has 0 spiro atoms. The Labute approximate surface area is 607 Å². The Morgan fingerprint density at radius 1 is 0.283 bits per heavy atom. The first-order chi connectivity index (χ1) is 46.3. The molecule has 572 valence electrons. The van der Waals surface area contributed by atoms with Crippen LogP contribution in [0.25, 0.3) is 0 Å². The minimum atomic E-state index is -0.459. The summed E-state index contributed by atoms with van der Waals surface area (Å²) in [7, 11) is 6.24. The Balaban J connectivity index is 2.41. The Morgan fingerprint density at radius 2 is 0.485 bits per heavy atom. The van der Waals surface area contributed by atoms with E-state index in [1.807, 2.05) is 55.4 Å². The first-order valence-corrected chi connectivity index (χ1v) is 39.2. The summed E-state index contributed by atoms with van der Waals surface area (Å²) in [4.78, 5) is 78.7. The van der Waals surface area contributed by atoms with Crippen LogP contribution in [0.2, 0.25) is 0 Å². The van der Waals surface area contributed by atoms with Gasteiger partial charge in [-0.2, -0.15) is 0 Å². The second-order valence-corrected chi connectivity index (χ2v) is 35.9. The van der Waals surface area contributed by atoms with E-state index in [9.17, 15) is 28.8 Å². The van der Waals surface area contributed by atoms with E-state index in [-0.39, 0.29) is 99.6 Å². The fourth-order valence-corrected chi connectivity index (χ4v) is 11.7. The summed E-state index contributed by atoms with van der Waals surface area (Å²) in [5.74, 6) is -0.668. The lowest BCUT2D eigenvalue weighted by Crippen LogP contribution is -2.41. The van der Waals surface area contributed by atoms with E-state index in [0.29, 0.717) is 91.9 Å². The number of ether oxygens (including phenoxy) is 4. The van der Waals surface area contributed by atoms with Gasteiger partial charge in [0.2, 0.25) is 23.6 Å². The lowest BCUT2D eigenvalue weighted by atomic mass is 9.88. The molecule has 1 aromatic rings. The van der Waals surface area contributed by atoms with Crippen LogP contribution >= 0.6 is 0 Å². The normalized spacial score (nSPS) is 12.7. The topological polar surface area (TPSA) is 212 Å². The maximum absolute atomic E-state index is 13.5. The highest BCUT2D eigenvalue weighted by Gasteiger charge is 2.31. The van der Waals surface area contributed by atoms with Gasteiger partial charge >= 0.3 is 0 Å². The highest BCUT2D eigenvalue weighted by molar-refractivity contribution is 6.33. The first kappa shape index (κ1) is 93.0. The summed E-state index contributed by atoms with van der Waals surface area (Å²) < 4.78 is 24.7. The van der Waals surface area contributed by atoms with Crippen molar-refractivity contribution in [3.63, 3.8) is 0 Å². The van der Waals surface area contributed by atoms with Crippen molar-refractivity contribution in [3.05, 3.63) is 29.3 Å². The van der Waals surface area contributed by atoms with Crippen molar-refractivity contribution in [1.82, 2.24) is 31.9 Å². The van der Waals surface area contributed by atoms with Crippen molar-refractivity contribution < 1.29 is 47.7 Å². The highest BCUT2D eigenvalue weighted by atomic mass is 16.5. The lowest BCUT2D eigenvalue weighted by Gasteiger charge is -2.31. The van der Waals surface area contributed by atoms with Crippen LogP contribution in [0.1, 0.15) is 338 Å². The molecule has 16 nitrogen and oxygen atoms in total. The van der Waals surface area contributed by atoms with Gasteiger partial charge in [0.25, 0.3) is 11.8 Å². The van der Waals surface area contributed by atoms with Crippen LogP contribution in [0.5, 0.6) is 0 Å². The van der Waals surface area contributed by atoms with E-state index in [0.717, 1.165) is 25.7 Å². The zero-order valence-electron chi connectivity index (χ0n) is 67.0. The number of amides is 6. The highest BCUT2D eigenvalue weighted by Crippen LogP contribution is 2.27. The van der Waals surface area contributed by atoms with Crippen LogP contribution in [-0.2, 0) is 38.1 Å². The zero-order chi connectivity index (χ0) is 74.5. The molecular formula is C82H151BN6O10. The summed E-state index contributed by atoms with van der Waals surface area (Å²) in [6, 6.07) is 4.63. The summed E-state index contributed by atoms with van der Waals surface area (Å²) >= 11 is 0. The van der Waals surface area contributed by atoms with Crippen LogP contribution in [0, 0.1) is 43.3 Å². The van der Waals surface area contributed by atoms with Crippen LogP contribution in [0.4, 0.5) is 0 Å². The molecule has 0 aliphatic carbocycles. The first-order valence-electron chi connectivity index (χ1n) is 39.2. The van der Waals surface area contributed by atoms with Gasteiger partial charge in [0.05, 0.1) is 52.9 Å². The second kappa shape index (κ2) is 49.6. The zero-order valence-corrected chi connectivity index (χ0v) is 67.0. The lowest BCUT2D eigenvalue weighted by molar-refractivity contribution is -0.125. The molecule has 6 amide bonds. The van der Waals surface area contributed by atoms with Gasteiger partial charge in [-0.05, 0) is 29.7 Å². The van der Waals surface area contributed by atoms with Gasteiger partial charge in [-0.25, -0.2) is 0 Å². The third kappa shape index (κ3) is 51.7. The number of hydrogen-bond donors (Lipinski definition) is 6. The standard InChI is InChI=1S/C82H151BN6O10/c1-19-21-23-25-27-29-31-33-35-37-39-41-43-45-69(90)84-52-77(7,8)60-98-62-79(11,12)54-86-71(92)50-75(3,4)58-96-64-81(15,16)56-88-73(94)66-47-67(49-68(83)48-66)74(95)89-57-82(17,18)65-97-59-76(5,6)51-72(93)87-55-80(13,14)63-99-61-78(9,10)53-85-70(91)46-44-42-40-38-36-34-32-30-28-26-24-22-20-2/h47-49H,19-46,50-65H2,1-18H3,(H,84,90)(H,85,91)(H,86,92)(H,87,93)(H,88,94)(H,89,95). The molecule has 0 heterocycles. The SMILES string of the molecule is [B]c1cc(C(=O)NCC(C)(C)COCC(C)(C)CC(=O)NCC(C)(C)COCC(C)(C)CNC(=O)CCCCCCCCCCCCCCC)cc(C(=O)NCC(C)(C)COCC(C)(C)CC(=O)NCC(C)(C)COCC(C)(C)CNC(=O)CCCCCCCCCCCCCCC)c1. The Kier molecular flexibility index (Phi) is 46.5. The number of nitrogens with one attached hydrogen (secondary N) is 6. The van der Waals surface area contributed by atoms with Crippen molar-refractivity contribution in [2.24, 2.45) is 43.3 Å². The van der Waals surface area contributed by atoms with Crippen molar-refractivity contribution in [1.29, 1.82) is 0 Å². The molecule has 0 saturated heterocycles. The van der Waals surface area contributed by atoms with E-state index in [2.05, 4.69) is 101 Å². The Morgan fingerprint density at radius 3 is 0.727 bits per heavy atom. The molecule has 1 aromatic carbocycles. The minimum Gasteiger partial charge on any atom is -0.380 e. The number of hydrogen-bond acceptors (Lipinski definition) is 10. The van der Waals surface area contributed by atoms with Gasteiger partial charge in [-0.3, -0.25) is 28.8 Å². The summed E-state index contributed by atoms with van der Waals surface area (Å²) in [5, 5.41) is 18.4. The molecule has 17 heteroatoms. The maximum Gasteiger partial charge on any atom is 0.251 e. The molecule has 2 radical (unpaired) electrons. The number of carbonyl (C=O) groups excluding carboxylic acids is 6. The molecule has 0 bridgehead atoms. The van der Waals surface area contributed by atoms with Gasteiger partial charge < -0.3 is 50.8 Å². The maximum atomic E-state index is 13.5. The third-order valence-electron chi connectivity index (χ3n) is 18.2. The van der Waals surface area contributed by atoms with Gasteiger partial charge in [-0.1, -0.05) is 296 Å². The van der Waals surface area contributed by atoms with Crippen LogP contribution in [-0.4, -0.2) is 135 Å². The molecular weight excluding hydrogens is 1240 g/mol. The fourth-order valence-electron chi connectivity index (χ4n) is 11.7. The quantitative estimate of drug-likeness (QED) is 0.0268. The van der Waals surface area contributed by atoms with Crippen molar-refractivity contribution in [3.8, 4) is 0 Å². The summed E-state index contributed by atoms with van der Waals surface area (Å²) in [6.45, 7) is 43.0. The minimum absolute atomic E-state index is 0.0679. The molecule has 0 aliphatic heterocycles. The molecule has 0 unspecified atom stereocenters. The van der Waals surface area contributed by atoms with Crippen LogP contribution in [0.15, 0.2) is 18.2 Å². The van der Waals surface area contributed by atoms with Crippen LogP contribution in [0.3, 0.4) is 0 Å². The van der Waals surface area contributed by atoms with Crippen molar-refractivity contribution in [2.45, 2.75) is 317 Å². The Bertz CT molecular complexity index is 2250. The monoisotopic (exact) mass is 1390 g/mol. The van der Waals surface area contributed by atoms with E-state index < -0.39 is 21.7 Å². The third-order valence-corrected chi connectivity index (χ3v) is 18.2. The van der Waals surface area contributed by atoms with Crippen molar-refractivity contribution >= 4 is 48.8 Å². The molecule has 99 heavy (non-hydrogen) atoms. The largest absolute Gasteiger partial charge is 0.380 e. The number of unbranched alkanes of at least 4 members (excludes halogenated alkanes) is 24. The molecule has 0 aliphatic rings. The summed E-state index contributed by atoms with van der Waals surface area (Å²) in [6.07, 6.45) is 35.1. The van der Waals surface area contributed by atoms with E-state index in [1.165, 1.54) is 147 Å². The van der Waals surface area contributed by atoms with Gasteiger partial charge in [0.1, 0.15) is 7.85 Å². The smallest absolute Gasteiger partial charge is 0.251 e. The van der Waals surface area contributed by atoms with Crippen LogP contribution < -0.4 is 37.4 Å². The number of carbonyl (C=O) groups is 6. The summed E-state index contributed by atoms with van der Waals surface area (Å²) in [5.41, 5.74) is -2.09. The van der Waals surface area contributed by atoms with Gasteiger partial charge in [0.15, 0.2) is 0 Å². The molecule has 0 saturated carbocycles. The van der Waals surface area contributed by atoms with Crippen molar-refractivity contribution in [2.75, 3.05) is 92.1 Å². The molecule has 6 N–H and O–H groups in total. The molecule has 0 aromatic heterocycles. The molecule has 0 atom stereocenters. The molecule has 0 fully saturated rings. The Hall–Kier alpha value is -4.06. The predicted molar refractivity (Wildman–Crippen MR) is 412 cm³/mol. The van der Waals surface area contributed by atoms with E-state index >= 15 is 0 Å². The average molecular weight is 1390 g/mol. The predicted octanol–water partition coefficient (Wildman–Crippen LogP) is 16.4.